The summed E-state index contributed by atoms with van der Waals surface area (Å²) in [5.41, 5.74) is 6.04. The Morgan fingerprint density at radius 1 is 1.56 bits per heavy atom. The van der Waals surface area contributed by atoms with E-state index in [0.717, 1.165) is 0 Å². The second-order valence-electron chi connectivity index (χ2n) is 3.26. The van der Waals surface area contributed by atoms with Crippen molar-refractivity contribution in [3.63, 3.8) is 0 Å². The van der Waals surface area contributed by atoms with Gasteiger partial charge in [-0.3, -0.25) is 0 Å². The van der Waals surface area contributed by atoms with Gasteiger partial charge in [-0.15, -0.1) is 6.58 Å². The van der Waals surface area contributed by atoms with Crippen LogP contribution >= 0.6 is 15.9 Å². The molecular formula is C10H13BrN2O2S. The van der Waals surface area contributed by atoms with Crippen LogP contribution < -0.4 is 5.73 Å². The summed E-state index contributed by atoms with van der Waals surface area (Å²) in [5, 5.41) is 0. The van der Waals surface area contributed by atoms with E-state index in [9.17, 15) is 8.42 Å². The fourth-order valence-electron chi connectivity index (χ4n) is 1.14. The van der Waals surface area contributed by atoms with E-state index in [1.165, 1.54) is 29.6 Å². The van der Waals surface area contributed by atoms with Gasteiger partial charge in [0.2, 0.25) is 10.0 Å². The van der Waals surface area contributed by atoms with Crippen LogP contribution in [0.15, 0.2) is 40.2 Å². The van der Waals surface area contributed by atoms with E-state index < -0.39 is 10.0 Å². The number of nitrogen functional groups attached to an aromatic ring is 1. The Hall–Kier alpha value is -0.850. The number of hydrogen-bond donors (Lipinski definition) is 1. The Morgan fingerprint density at radius 3 is 2.69 bits per heavy atom. The van der Waals surface area contributed by atoms with Gasteiger partial charge in [-0.25, -0.2) is 8.42 Å². The molecule has 0 fully saturated rings. The largest absolute Gasteiger partial charge is 0.398 e. The van der Waals surface area contributed by atoms with Gasteiger partial charge >= 0.3 is 0 Å². The quantitative estimate of drug-likeness (QED) is 0.682. The van der Waals surface area contributed by atoms with Crippen LogP contribution in [0.3, 0.4) is 0 Å². The molecule has 4 nitrogen and oxygen atoms in total. The third-order valence-electron chi connectivity index (χ3n) is 2.06. The second kappa shape index (κ2) is 4.99. The maximum Gasteiger partial charge on any atom is 0.243 e. The monoisotopic (exact) mass is 304 g/mol. The lowest BCUT2D eigenvalue weighted by Gasteiger charge is -2.15. The van der Waals surface area contributed by atoms with Gasteiger partial charge in [0.1, 0.15) is 0 Å². The van der Waals surface area contributed by atoms with Gasteiger partial charge in [0, 0.05) is 23.8 Å². The van der Waals surface area contributed by atoms with Crippen LogP contribution in [0.25, 0.3) is 0 Å². The Balaban J connectivity index is 3.17. The predicted molar refractivity (Wildman–Crippen MR) is 68.6 cm³/mol. The second-order valence-corrected chi connectivity index (χ2v) is 6.16. The molecule has 0 aliphatic heterocycles. The lowest BCUT2D eigenvalue weighted by molar-refractivity contribution is 0.499. The number of halogens is 1. The fraction of sp³-hybridized carbons (Fsp3) is 0.200. The molecule has 0 saturated heterocycles. The average Bonchev–Trinajstić information content (AvgIpc) is 2.22. The molecule has 0 atom stereocenters. The summed E-state index contributed by atoms with van der Waals surface area (Å²) < 4.78 is 25.9. The standard InChI is InChI=1S/C10H13BrN2O2S/c1-3-6-13(2)16(14,15)8-4-5-9(11)10(12)7-8/h3-5,7H,1,6,12H2,2H3. The molecule has 0 saturated carbocycles. The molecule has 16 heavy (non-hydrogen) atoms. The Labute approximate surface area is 104 Å². The van der Waals surface area contributed by atoms with Gasteiger partial charge in [-0.1, -0.05) is 6.08 Å². The van der Waals surface area contributed by atoms with E-state index in [4.69, 9.17) is 5.73 Å². The number of benzene rings is 1. The number of anilines is 1. The van der Waals surface area contributed by atoms with Crippen LogP contribution in [0.5, 0.6) is 0 Å². The molecule has 88 valence electrons. The van der Waals surface area contributed by atoms with Crippen LogP contribution in [0, 0.1) is 0 Å². The summed E-state index contributed by atoms with van der Waals surface area (Å²) >= 11 is 3.21. The zero-order valence-corrected chi connectivity index (χ0v) is 11.3. The maximum atomic E-state index is 12.0. The molecule has 1 aromatic rings. The van der Waals surface area contributed by atoms with Crippen molar-refractivity contribution in [1.82, 2.24) is 4.31 Å². The molecule has 1 rings (SSSR count). The molecule has 0 aliphatic rings. The molecule has 0 heterocycles. The summed E-state index contributed by atoms with van der Waals surface area (Å²) in [6, 6.07) is 4.55. The molecule has 0 radical (unpaired) electrons. The number of nitrogens with two attached hydrogens (primary N) is 1. The highest BCUT2D eigenvalue weighted by molar-refractivity contribution is 9.10. The molecule has 6 heteroatoms. The number of likely N-dealkylation sites (N-methyl/N-ethyl adjacent to an activating group) is 1. The number of sulfonamides is 1. The van der Waals surface area contributed by atoms with E-state index >= 15 is 0 Å². The van der Waals surface area contributed by atoms with E-state index in [0.29, 0.717) is 10.2 Å². The first-order valence-electron chi connectivity index (χ1n) is 4.52. The zero-order valence-electron chi connectivity index (χ0n) is 8.85. The van der Waals surface area contributed by atoms with E-state index in [-0.39, 0.29) is 11.4 Å². The first-order valence-corrected chi connectivity index (χ1v) is 6.75. The van der Waals surface area contributed by atoms with Crippen molar-refractivity contribution < 1.29 is 8.42 Å². The van der Waals surface area contributed by atoms with Crippen LogP contribution in [-0.2, 0) is 10.0 Å². The molecule has 0 aliphatic carbocycles. The van der Waals surface area contributed by atoms with E-state index in [2.05, 4.69) is 22.5 Å². The van der Waals surface area contributed by atoms with Crippen molar-refractivity contribution >= 4 is 31.6 Å². The Kier molecular flexibility index (Phi) is 4.12. The SMILES string of the molecule is C=CCN(C)S(=O)(=O)c1ccc(Br)c(N)c1. The lowest BCUT2D eigenvalue weighted by Crippen LogP contribution is -2.27. The summed E-state index contributed by atoms with van der Waals surface area (Å²) in [6.07, 6.45) is 1.53. The van der Waals surface area contributed by atoms with Crippen molar-refractivity contribution in [2.24, 2.45) is 0 Å². The Bertz CT molecular complexity index is 500. The fourth-order valence-corrected chi connectivity index (χ4v) is 2.57. The molecule has 0 spiro atoms. The number of hydrogen-bond acceptors (Lipinski definition) is 3. The smallest absolute Gasteiger partial charge is 0.243 e. The van der Waals surface area contributed by atoms with Gasteiger partial charge in [-0.2, -0.15) is 4.31 Å². The first-order chi connectivity index (χ1) is 7.39. The molecule has 1 aromatic carbocycles. The first kappa shape index (κ1) is 13.2. The van der Waals surface area contributed by atoms with Crippen molar-refractivity contribution in [2.75, 3.05) is 19.3 Å². The van der Waals surface area contributed by atoms with Gasteiger partial charge in [-0.05, 0) is 34.1 Å². The van der Waals surface area contributed by atoms with Crippen molar-refractivity contribution in [3.8, 4) is 0 Å². The molecule has 0 aromatic heterocycles. The molecule has 0 unspecified atom stereocenters. The normalized spacial score (nSPS) is 11.7. The Morgan fingerprint density at radius 2 is 2.19 bits per heavy atom. The summed E-state index contributed by atoms with van der Waals surface area (Å²) in [5.74, 6) is 0. The predicted octanol–water partition coefficient (Wildman–Crippen LogP) is 1.84. The minimum absolute atomic E-state index is 0.178. The van der Waals surface area contributed by atoms with Crippen molar-refractivity contribution in [3.05, 3.63) is 35.3 Å². The third kappa shape index (κ3) is 2.63. The number of nitrogens with zero attached hydrogens (tertiary/aromatic N) is 1. The van der Waals surface area contributed by atoms with E-state index in [1.54, 1.807) is 6.07 Å². The minimum Gasteiger partial charge on any atom is -0.398 e. The summed E-state index contributed by atoms with van der Waals surface area (Å²) in [4.78, 5) is 0.178. The topological polar surface area (TPSA) is 63.4 Å². The molecule has 0 bridgehead atoms. The van der Waals surface area contributed by atoms with Gasteiger partial charge in [0.05, 0.1) is 4.90 Å². The van der Waals surface area contributed by atoms with Crippen molar-refractivity contribution in [1.29, 1.82) is 0 Å². The van der Waals surface area contributed by atoms with Crippen molar-refractivity contribution in [2.45, 2.75) is 4.90 Å². The van der Waals surface area contributed by atoms with Crippen LogP contribution in [-0.4, -0.2) is 26.3 Å². The van der Waals surface area contributed by atoms with Crippen LogP contribution in [0.1, 0.15) is 0 Å². The van der Waals surface area contributed by atoms with E-state index in [1.807, 2.05) is 0 Å². The highest BCUT2D eigenvalue weighted by Gasteiger charge is 2.19. The highest BCUT2D eigenvalue weighted by atomic mass is 79.9. The highest BCUT2D eigenvalue weighted by Crippen LogP contribution is 2.24. The minimum atomic E-state index is -3.48. The van der Waals surface area contributed by atoms with Gasteiger partial charge < -0.3 is 5.73 Å². The third-order valence-corrected chi connectivity index (χ3v) is 4.60. The van der Waals surface area contributed by atoms with Gasteiger partial charge in [0.25, 0.3) is 0 Å². The molecule has 0 amide bonds. The average molecular weight is 305 g/mol. The van der Waals surface area contributed by atoms with Crippen LogP contribution in [0.2, 0.25) is 0 Å². The lowest BCUT2D eigenvalue weighted by atomic mass is 10.3. The number of rotatable bonds is 4. The summed E-state index contributed by atoms with van der Waals surface area (Å²) in [6.45, 7) is 3.76. The maximum absolute atomic E-state index is 12.0. The zero-order chi connectivity index (χ0) is 12.3. The molecule has 2 N–H and O–H groups in total. The summed E-state index contributed by atoms with van der Waals surface area (Å²) in [7, 11) is -1.98. The van der Waals surface area contributed by atoms with Gasteiger partial charge in [0.15, 0.2) is 0 Å². The molecular weight excluding hydrogens is 292 g/mol. The van der Waals surface area contributed by atoms with Crippen LogP contribution in [0.4, 0.5) is 5.69 Å².